The molecule has 1 aliphatic heterocycles. The van der Waals surface area contributed by atoms with Gasteiger partial charge in [-0.1, -0.05) is 30.3 Å². The average molecular weight is 448 g/mol. The maximum atomic E-state index is 14.8. The van der Waals surface area contributed by atoms with Gasteiger partial charge in [-0.15, -0.1) is 0 Å². The lowest BCUT2D eigenvalue weighted by Gasteiger charge is -2.31. The third-order valence-corrected chi connectivity index (χ3v) is 6.05. The third kappa shape index (κ3) is 4.83. The van der Waals surface area contributed by atoms with Crippen molar-refractivity contribution in [3.05, 3.63) is 65.5 Å². The summed E-state index contributed by atoms with van der Waals surface area (Å²) in [4.78, 5) is 3.88. The predicted molar refractivity (Wildman–Crippen MR) is 118 cm³/mol. The second-order valence-corrected chi connectivity index (χ2v) is 8.39. The number of amidine groups is 1. The lowest BCUT2D eigenvalue weighted by molar-refractivity contribution is 0.0293. The van der Waals surface area contributed by atoms with Crippen LogP contribution >= 0.6 is 0 Å². The molecule has 1 aliphatic carbocycles. The molecule has 4 unspecified atom stereocenters. The highest BCUT2D eigenvalue weighted by molar-refractivity contribution is 5.72. The fraction of sp³-hybridized carbons (Fsp3) is 0.435. The lowest BCUT2D eigenvalue weighted by Crippen LogP contribution is -2.49. The molecule has 0 saturated heterocycles. The summed E-state index contributed by atoms with van der Waals surface area (Å²) in [5.74, 6) is 0.0939. The molecule has 2 aromatic rings. The standard InChI is InChI=1S/C23H28F3N5O/c24-20-7-6-17(29-12-15-10-18(15)14-4-2-1-3-5-14)11-19(20)23(21(25)26)30-9-8-16(27)13-32-22(28)31-23/h1-7,11,15-16,18,21,29-30H,8-10,12-13,27H2,(H2,28,31). The van der Waals surface area contributed by atoms with E-state index in [4.69, 9.17) is 16.2 Å². The van der Waals surface area contributed by atoms with Gasteiger partial charge < -0.3 is 21.5 Å². The molecule has 2 aliphatic rings. The highest BCUT2D eigenvalue weighted by Crippen LogP contribution is 2.47. The molecule has 0 spiro atoms. The Morgan fingerprint density at radius 1 is 1.22 bits per heavy atom. The van der Waals surface area contributed by atoms with Crippen molar-refractivity contribution < 1.29 is 17.9 Å². The average Bonchev–Trinajstić information content (AvgIpc) is 3.55. The van der Waals surface area contributed by atoms with Gasteiger partial charge in [0.25, 0.3) is 12.4 Å². The van der Waals surface area contributed by atoms with E-state index in [0.29, 0.717) is 30.5 Å². The molecular weight excluding hydrogens is 419 g/mol. The van der Waals surface area contributed by atoms with Gasteiger partial charge >= 0.3 is 0 Å². The molecule has 172 valence electrons. The number of aliphatic imine (C=N–C) groups is 1. The lowest BCUT2D eigenvalue weighted by atomic mass is 9.98. The van der Waals surface area contributed by atoms with Crippen LogP contribution in [0.3, 0.4) is 0 Å². The number of nitrogens with one attached hydrogen (secondary N) is 2. The summed E-state index contributed by atoms with van der Waals surface area (Å²) in [6.07, 6.45) is -1.68. The zero-order chi connectivity index (χ0) is 22.7. The monoisotopic (exact) mass is 447 g/mol. The number of anilines is 1. The van der Waals surface area contributed by atoms with Crippen molar-refractivity contribution in [2.75, 3.05) is 25.0 Å². The molecule has 0 aromatic heterocycles. The van der Waals surface area contributed by atoms with Crippen LogP contribution in [0.4, 0.5) is 18.9 Å². The van der Waals surface area contributed by atoms with E-state index in [1.54, 1.807) is 0 Å². The summed E-state index contributed by atoms with van der Waals surface area (Å²) in [6, 6.07) is 13.4. The van der Waals surface area contributed by atoms with E-state index in [9.17, 15) is 13.2 Å². The molecule has 0 amide bonds. The summed E-state index contributed by atoms with van der Waals surface area (Å²) in [7, 11) is 0. The highest BCUT2D eigenvalue weighted by Gasteiger charge is 2.45. The Labute approximate surface area is 185 Å². The van der Waals surface area contributed by atoms with Gasteiger partial charge in [-0.25, -0.2) is 18.2 Å². The Morgan fingerprint density at radius 3 is 2.75 bits per heavy atom. The minimum atomic E-state index is -3.07. The first-order valence-electron chi connectivity index (χ1n) is 10.7. The largest absolute Gasteiger partial charge is 0.464 e. The van der Waals surface area contributed by atoms with Crippen LogP contribution in [0, 0.1) is 11.7 Å². The van der Waals surface area contributed by atoms with Crippen molar-refractivity contribution in [1.29, 1.82) is 0 Å². The van der Waals surface area contributed by atoms with Crippen molar-refractivity contribution in [3.8, 4) is 0 Å². The number of hydrogen-bond acceptors (Lipinski definition) is 6. The van der Waals surface area contributed by atoms with Gasteiger partial charge in [-0.3, -0.25) is 5.32 Å². The first-order chi connectivity index (χ1) is 15.4. The van der Waals surface area contributed by atoms with Crippen LogP contribution in [-0.4, -0.2) is 38.2 Å². The van der Waals surface area contributed by atoms with Crippen LogP contribution < -0.4 is 22.1 Å². The third-order valence-electron chi connectivity index (χ3n) is 6.05. The molecule has 9 heteroatoms. The van der Waals surface area contributed by atoms with Gasteiger partial charge in [0.1, 0.15) is 12.4 Å². The second-order valence-electron chi connectivity index (χ2n) is 8.39. The first-order valence-corrected chi connectivity index (χ1v) is 10.7. The van der Waals surface area contributed by atoms with Crippen LogP contribution in [0.25, 0.3) is 0 Å². The predicted octanol–water partition coefficient (Wildman–Crippen LogP) is 3.11. The van der Waals surface area contributed by atoms with E-state index in [-0.39, 0.29) is 18.7 Å². The zero-order valence-corrected chi connectivity index (χ0v) is 17.6. The number of alkyl halides is 2. The Bertz CT molecular complexity index is 958. The number of benzene rings is 2. The van der Waals surface area contributed by atoms with E-state index in [1.165, 1.54) is 17.7 Å². The summed E-state index contributed by atoms with van der Waals surface area (Å²) in [6.45, 7) is 0.803. The highest BCUT2D eigenvalue weighted by atomic mass is 19.3. The van der Waals surface area contributed by atoms with Crippen LogP contribution in [-0.2, 0) is 10.4 Å². The molecule has 4 rings (SSSR count). The Hall–Kier alpha value is -2.78. The van der Waals surface area contributed by atoms with E-state index < -0.39 is 30.0 Å². The molecule has 0 radical (unpaired) electrons. The topological polar surface area (TPSA) is 97.7 Å². The van der Waals surface area contributed by atoms with Crippen molar-refractivity contribution in [1.82, 2.24) is 5.32 Å². The van der Waals surface area contributed by atoms with E-state index >= 15 is 0 Å². The summed E-state index contributed by atoms with van der Waals surface area (Å²) >= 11 is 0. The molecule has 1 heterocycles. The summed E-state index contributed by atoms with van der Waals surface area (Å²) in [5.41, 5.74) is 10.7. The van der Waals surface area contributed by atoms with Gasteiger partial charge in [0.15, 0.2) is 0 Å². The van der Waals surface area contributed by atoms with Crippen LogP contribution in [0.2, 0.25) is 0 Å². The molecule has 0 bridgehead atoms. The van der Waals surface area contributed by atoms with Crippen molar-refractivity contribution >= 4 is 11.7 Å². The fourth-order valence-electron chi connectivity index (χ4n) is 4.13. The molecular formula is C23H28F3N5O. The van der Waals surface area contributed by atoms with Gasteiger partial charge in [-0.2, -0.15) is 0 Å². The number of hydrogen-bond donors (Lipinski definition) is 4. The van der Waals surface area contributed by atoms with E-state index in [0.717, 1.165) is 12.5 Å². The molecule has 6 N–H and O–H groups in total. The van der Waals surface area contributed by atoms with Crippen LogP contribution in [0.15, 0.2) is 53.5 Å². The maximum absolute atomic E-state index is 14.8. The molecule has 1 saturated carbocycles. The summed E-state index contributed by atoms with van der Waals surface area (Å²) < 4.78 is 48.7. The normalized spacial score (nSPS) is 28.2. The second kappa shape index (κ2) is 9.38. The molecule has 32 heavy (non-hydrogen) atoms. The minimum Gasteiger partial charge on any atom is -0.464 e. The Balaban J connectivity index is 1.55. The van der Waals surface area contributed by atoms with Gasteiger partial charge in [-0.05, 0) is 55.0 Å². The molecule has 1 fully saturated rings. The zero-order valence-electron chi connectivity index (χ0n) is 17.6. The Morgan fingerprint density at radius 2 is 2.00 bits per heavy atom. The Kier molecular flexibility index (Phi) is 6.57. The van der Waals surface area contributed by atoms with Crippen molar-refractivity contribution in [3.63, 3.8) is 0 Å². The number of ether oxygens (including phenoxy) is 1. The fourth-order valence-corrected chi connectivity index (χ4v) is 4.13. The molecule has 6 nitrogen and oxygen atoms in total. The smallest absolute Gasteiger partial charge is 0.284 e. The maximum Gasteiger partial charge on any atom is 0.284 e. The number of nitrogens with two attached hydrogens (primary N) is 2. The van der Waals surface area contributed by atoms with E-state index in [2.05, 4.69) is 27.8 Å². The van der Waals surface area contributed by atoms with Crippen LogP contribution in [0.1, 0.15) is 29.9 Å². The number of halogens is 3. The van der Waals surface area contributed by atoms with E-state index in [1.807, 2.05) is 18.2 Å². The summed E-state index contributed by atoms with van der Waals surface area (Å²) in [5, 5.41) is 5.94. The van der Waals surface area contributed by atoms with Gasteiger partial charge in [0.05, 0.1) is 0 Å². The number of rotatable bonds is 6. The SMILES string of the molecule is NC1=NC(c2cc(NCC3CC3c3ccccc3)ccc2F)(C(F)F)NCCC(N)CO1. The number of nitrogens with zero attached hydrogens (tertiary/aromatic N) is 1. The van der Waals surface area contributed by atoms with Crippen LogP contribution in [0.5, 0.6) is 0 Å². The van der Waals surface area contributed by atoms with Gasteiger partial charge in [0.2, 0.25) is 5.66 Å². The first kappa shape index (κ1) is 22.4. The molecule has 2 aromatic carbocycles. The van der Waals surface area contributed by atoms with Crippen molar-refractivity contribution in [2.24, 2.45) is 22.4 Å². The van der Waals surface area contributed by atoms with Gasteiger partial charge in [0, 0.05) is 23.8 Å². The molecule has 4 atom stereocenters. The quantitative estimate of drug-likeness (QED) is 0.546. The van der Waals surface area contributed by atoms with Crippen molar-refractivity contribution in [2.45, 2.75) is 36.9 Å². The minimum absolute atomic E-state index is 0.0460.